The molecular weight excluding hydrogens is 572 g/mol. The zero-order valence-corrected chi connectivity index (χ0v) is 31.0. The van der Waals surface area contributed by atoms with Crippen LogP contribution in [0.15, 0.2) is 36.4 Å². The van der Waals surface area contributed by atoms with Gasteiger partial charge < -0.3 is 20.8 Å². The summed E-state index contributed by atoms with van der Waals surface area (Å²) in [5, 5.41) is 27.1. The fraction of sp³-hybridized carbons (Fsp3) is 0.650. The number of aromatic hydroxyl groups is 2. The molecule has 0 aliphatic rings. The molecule has 2 aromatic rings. The summed E-state index contributed by atoms with van der Waals surface area (Å²) < 4.78 is 0. The predicted octanol–water partition coefficient (Wildman–Crippen LogP) is 9.23. The van der Waals surface area contributed by atoms with Gasteiger partial charge in [0, 0.05) is 25.9 Å². The molecule has 2 aromatic carbocycles. The van der Waals surface area contributed by atoms with E-state index >= 15 is 0 Å². The van der Waals surface area contributed by atoms with Crippen molar-refractivity contribution in [1.82, 2.24) is 10.6 Å². The molecule has 2 rings (SSSR count). The lowest BCUT2D eigenvalue weighted by molar-refractivity contribution is -0.122. The van der Waals surface area contributed by atoms with E-state index in [9.17, 15) is 19.8 Å². The minimum Gasteiger partial charge on any atom is -0.508 e. The molecule has 6 heteroatoms. The first-order valence-corrected chi connectivity index (χ1v) is 17.2. The molecular formula is C40H64N2O4. The molecule has 0 saturated carbocycles. The number of phenols is 2. The Morgan fingerprint density at radius 1 is 0.565 bits per heavy atom. The van der Waals surface area contributed by atoms with Gasteiger partial charge in [-0.3, -0.25) is 9.59 Å². The maximum absolute atomic E-state index is 13.0. The van der Waals surface area contributed by atoms with Gasteiger partial charge in [-0.05, 0) is 80.7 Å². The van der Waals surface area contributed by atoms with Crippen LogP contribution in [0.5, 0.6) is 11.5 Å². The van der Waals surface area contributed by atoms with Crippen molar-refractivity contribution in [1.29, 1.82) is 0 Å². The monoisotopic (exact) mass is 636 g/mol. The van der Waals surface area contributed by atoms with Crippen LogP contribution in [0.3, 0.4) is 0 Å². The van der Waals surface area contributed by atoms with Gasteiger partial charge in [0.2, 0.25) is 11.8 Å². The highest BCUT2D eigenvalue weighted by atomic mass is 16.3. The normalized spacial score (nSPS) is 14.1. The molecule has 4 N–H and O–H groups in total. The van der Waals surface area contributed by atoms with Gasteiger partial charge in [0.15, 0.2) is 0 Å². The molecule has 0 heterocycles. The van der Waals surface area contributed by atoms with Crippen molar-refractivity contribution in [3.8, 4) is 11.5 Å². The van der Waals surface area contributed by atoms with Gasteiger partial charge in [-0.2, -0.15) is 0 Å². The van der Waals surface area contributed by atoms with Crippen LogP contribution in [0, 0.1) is 10.8 Å². The van der Waals surface area contributed by atoms with Crippen LogP contribution >= 0.6 is 0 Å². The van der Waals surface area contributed by atoms with Gasteiger partial charge in [0.1, 0.15) is 11.5 Å². The van der Waals surface area contributed by atoms with Crippen molar-refractivity contribution in [3.05, 3.63) is 58.7 Å². The Balaban J connectivity index is 1.80. The summed E-state index contributed by atoms with van der Waals surface area (Å²) in [6.45, 7) is 26.8. The van der Waals surface area contributed by atoms with Crippen LogP contribution in [0.4, 0.5) is 0 Å². The number of rotatable bonds is 13. The van der Waals surface area contributed by atoms with Crippen LogP contribution in [0.2, 0.25) is 0 Å². The lowest BCUT2D eigenvalue weighted by Crippen LogP contribution is -2.30. The van der Waals surface area contributed by atoms with E-state index in [1.54, 1.807) is 12.1 Å². The van der Waals surface area contributed by atoms with E-state index in [1.165, 1.54) is 0 Å². The highest BCUT2D eigenvalue weighted by Gasteiger charge is 2.31. The largest absolute Gasteiger partial charge is 0.508 e. The summed E-state index contributed by atoms with van der Waals surface area (Å²) in [7, 11) is 0. The molecule has 0 aromatic heterocycles. The van der Waals surface area contributed by atoms with Gasteiger partial charge in [0.25, 0.3) is 0 Å². The molecule has 0 saturated heterocycles. The third kappa shape index (κ3) is 12.0. The Hall–Kier alpha value is -3.02. The Labute approximate surface area is 280 Å². The summed E-state index contributed by atoms with van der Waals surface area (Å²) in [5.74, 6) is 0.760. The van der Waals surface area contributed by atoms with E-state index in [0.717, 1.165) is 47.9 Å². The third-order valence-corrected chi connectivity index (χ3v) is 9.08. The van der Waals surface area contributed by atoms with Gasteiger partial charge >= 0.3 is 0 Å². The number of amides is 2. The number of carbonyl (C=O) groups is 2. The van der Waals surface area contributed by atoms with Crippen LogP contribution in [-0.2, 0) is 20.4 Å². The number of hydrogen-bond donors (Lipinski definition) is 4. The molecule has 0 bridgehead atoms. The van der Waals surface area contributed by atoms with Gasteiger partial charge in [-0.1, -0.05) is 120 Å². The zero-order chi connectivity index (χ0) is 35.1. The lowest BCUT2D eigenvalue weighted by Gasteiger charge is -2.32. The van der Waals surface area contributed by atoms with E-state index in [4.69, 9.17) is 0 Å². The minimum absolute atomic E-state index is 0.0327. The van der Waals surface area contributed by atoms with Gasteiger partial charge in [0.05, 0.1) is 0 Å². The second kappa shape index (κ2) is 15.7. The van der Waals surface area contributed by atoms with Gasteiger partial charge in [-0.15, -0.1) is 0 Å². The van der Waals surface area contributed by atoms with E-state index in [-0.39, 0.29) is 45.3 Å². The molecule has 46 heavy (non-hydrogen) atoms. The molecule has 0 fully saturated rings. The molecule has 6 nitrogen and oxygen atoms in total. The van der Waals surface area contributed by atoms with Crippen LogP contribution in [0.1, 0.15) is 156 Å². The van der Waals surface area contributed by atoms with E-state index in [1.807, 2.05) is 12.1 Å². The molecule has 0 aliphatic heterocycles. The Morgan fingerprint density at radius 3 is 1.17 bits per heavy atom. The average Bonchev–Trinajstić information content (AvgIpc) is 2.90. The second-order valence-corrected chi connectivity index (χ2v) is 17.4. The highest BCUT2D eigenvalue weighted by Crippen LogP contribution is 2.42. The summed E-state index contributed by atoms with van der Waals surface area (Å²) >= 11 is 0. The molecule has 258 valence electrons. The third-order valence-electron chi connectivity index (χ3n) is 9.08. The first kappa shape index (κ1) is 39.2. The van der Waals surface area contributed by atoms with E-state index in [0.29, 0.717) is 37.4 Å². The minimum atomic E-state index is -0.188. The fourth-order valence-corrected chi connectivity index (χ4v) is 6.16. The number of nitrogens with one attached hydrogen (secondary N) is 2. The Morgan fingerprint density at radius 2 is 0.891 bits per heavy atom. The number of phenolic OH excluding ortho intramolecular Hbond substituents is 2. The summed E-state index contributed by atoms with van der Waals surface area (Å²) in [6.07, 6.45) is 4.58. The van der Waals surface area contributed by atoms with Crippen molar-refractivity contribution in [2.24, 2.45) is 10.8 Å². The zero-order valence-electron chi connectivity index (χ0n) is 31.0. The quantitative estimate of drug-likeness (QED) is 0.165. The lowest BCUT2D eigenvalue weighted by atomic mass is 9.73. The fourth-order valence-electron chi connectivity index (χ4n) is 6.16. The first-order valence-electron chi connectivity index (χ1n) is 17.2. The standard InChI is InChI=1S/C40H64N2O4/c1-37(2,3)29(27-17-19-33(43)31(23-27)39(7,8)9)25-35(45)41-21-15-13-14-16-22-42-36(46)26-30(38(4,5)6)28-18-20-34(44)32(24-28)40(10,11)12/h17-20,23-24,29-30,43-44H,13-16,21-22,25-26H2,1-12H3,(H,41,45)(H,42,46). The van der Waals surface area contributed by atoms with Crippen LogP contribution in [0.25, 0.3) is 0 Å². The summed E-state index contributed by atoms with van der Waals surface area (Å²) in [4.78, 5) is 25.9. The van der Waals surface area contributed by atoms with Crippen molar-refractivity contribution < 1.29 is 19.8 Å². The number of hydrogen-bond acceptors (Lipinski definition) is 4. The molecule has 0 aliphatic carbocycles. The van der Waals surface area contributed by atoms with Crippen molar-refractivity contribution in [3.63, 3.8) is 0 Å². The number of unbranched alkanes of at least 4 members (excludes halogenated alkanes) is 3. The first-order chi connectivity index (χ1) is 21.0. The highest BCUT2D eigenvalue weighted by molar-refractivity contribution is 5.77. The van der Waals surface area contributed by atoms with E-state index in [2.05, 4.69) is 106 Å². The van der Waals surface area contributed by atoms with Gasteiger partial charge in [-0.25, -0.2) is 0 Å². The topological polar surface area (TPSA) is 98.7 Å². The Bertz CT molecular complexity index is 1200. The predicted molar refractivity (Wildman–Crippen MR) is 192 cm³/mol. The Kier molecular flexibility index (Phi) is 13.4. The summed E-state index contributed by atoms with van der Waals surface area (Å²) in [6, 6.07) is 11.6. The van der Waals surface area contributed by atoms with Crippen LogP contribution < -0.4 is 10.6 Å². The SMILES string of the molecule is CC(C)(C)c1cc(C(CC(=O)NCCCCCCNC(=O)CC(c2ccc(O)c(C(C)(C)C)c2)C(C)(C)C)C(C)(C)C)ccc1O. The molecule has 2 unspecified atom stereocenters. The molecule has 2 atom stereocenters. The molecule has 0 radical (unpaired) electrons. The number of carbonyl (C=O) groups excluding carboxylic acids is 2. The molecule has 2 amide bonds. The molecule has 0 spiro atoms. The second-order valence-electron chi connectivity index (χ2n) is 17.4. The van der Waals surface area contributed by atoms with Crippen LogP contribution in [-0.4, -0.2) is 35.1 Å². The summed E-state index contributed by atoms with van der Waals surface area (Å²) in [5.41, 5.74) is 3.37. The van der Waals surface area contributed by atoms with Crippen molar-refractivity contribution in [2.45, 2.75) is 144 Å². The average molecular weight is 637 g/mol. The van der Waals surface area contributed by atoms with Crippen molar-refractivity contribution >= 4 is 11.8 Å². The number of benzene rings is 2. The van der Waals surface area contributed by atoms with Crippen molar-refractivity contribution in [2.75, 3.05) is 13.1 Å². The smallest absolute Gasteiger partial charge is 0.220 e. The van der Waals surface area contributed by atoms with E-state index < -0.39 is 0 Å². The maximum Gasteiger partial charge on any atom is 0.220 e. The maximum atomic E-state index is 13.0.